The van der Waals surface area contributed by atoms with E-state index in [-0.39, 0.29) is 0 Å². The molecule has 0 saturated heterocycles. The molecule has 1 aliphatic carbocycles. The first-order valence-electron chi connectivity index (χ1n) is 6.35. The van der Waals surface area contributed by atoms with Crippen molar-refractivity contribution in [3.8, 4) is 6.07 Å². The number of rotatable bonds is 2. The number of nitrogens with zero attached hydrogens (tertiary/aromatic N) is 2. The molecule has 3 nitrogen and oxygen atoms in total. The molecule has 2 atom stereocenters. The number of aryl methyl sites for hydroxylation is 1. The second-order valence-corrected chi connectivity index (χ2v) is 5.72. The Morgan fingerprint density at radius 2 is 2.12 bits per heavy atom. The van der Waals surface area contributed by atoms with Gasteiger partial charge < -0.3 is 5.32 Å². The molecule has 0 amide bonds. The molecule has 1 aromatic rings. The predicted octanol–water partition coefficient (Wildman–Crippen LogP) is 3.70. The van der Waals surface area contributed by atoms with Crippen LogP contribution in [0.2, 0.25) is 0 Å². The second kappa shape index (κ2) is 5.50. The quantitative estimate of drug-likeness (QED) is 0.813. The molecule has 0 bridgehead atoms. The van der Waals surface area contributed by atoms with Gasteiger partial charge in [-0.3, -0.25) is 0 Å². The zero-order valence-corrected chi connectivity index (χ0v) is 11.3. The summed E-state index contributed by atoms with van der Waals surface area (Å²) >= 11 is 1.42. The van der Waals surface area contributed by atoms with E-state index in [1.165, 1.54) is 43.6 Å². The highest BCUT2D eigenvalue weighted by atomic mass is 32.1. The van der Waals surface area contributed by atoms with Crippen LogP contribution in [-0.4, -0.2) is 10.4 Å². The van der Waals surface area contributed by atoms with Crippen molar-refractivity contribution in [2.24, 2.45) is 5.92 Å². The Morgan fingerprint density at radius 3 is 2.88 bits per heavy atom. The Bertz CT molecular complexity index is 419. The zero-order chi connectivity index (χ0) is 12.3. The smallest absolute Gasteiger partial charge is 0.127 e. The molecule has 92 valence electrons. The van der Waals surface area contributed by atoms with Gasteiger partial charge in [0.05, 0.1) is 5.69 Å². The fraction of sp³-hybridized carbons (Fsp3) is 0.692. The molecule has 0 aliphatic heterocycles. The fourth-order valence-electron chi connectivity index (χ4n) is 2.48. The van der Waals surface area contributed by atoms with E-state index in [2.05, 4.69) is 22.7 Å². The number of nitriles is 1. The van der Waals surface area contributed by atoms with E-state index in [1.807, 2.05) is 6.92 Å². The van der Waals surface area contributed by atoms with Crippen LogP contribution in [0.3, 0.4) is 0 Å². The summed E-state index contributed by atoms with van der Waals surface area (Å²) in [6.07, 6.45) is 6.48. The van der Waals surface area contributed by atoms with E-state index in [0.717, 1.165) is 16.3 Å². The number of hydrogen-bond acceptors (Lipinski definition) is 4. The van der Waals surface area contributed by atoms with Gasteiger partial charge in [0.1, 0.15) is 16.6 Å². The largest absolute Gasteiger partial charge is 0.372 e. The van der Waals surface area contributed by atoms with Crippen molar-refractivity contribution < 1.29 is 0 Å². The van der Waals surface area contributed by atoms with Gasteiger partial charge in [0.2, 0.25) is 0 Å². The van der Waals surface area contributed by atoms with Crippen molar-refractivity contribution in [2.45, 2.75) is 52.0 Å². The fourth-order valence-corrected chi connectivity index (χ4v) is 3.28. The number of nitrogens with one attached hydrogen (secondary N) is 1. The molecular weight excluding hydrogens is 230 g/mol. The van der Waals surface area contributed by atoms with Crippen molar-refractivity contribution in [1.29, 1.82) is 5.26 Å². The monoisotopic (exact) mass is 249 g/mol. The van der Waals surface area contributed by atoms with E-state index in [0.29, 0.717) is 12.0 Å². The summed E-state index contributed by atoms with van der Waals surface area (Å²) < 4.78 is 4.26. The first-order valence-corrected chi connectivity index (χ1v) is 7.12. The number of anilines is 1. The molecule has 4 heteroatoms. The van der Waals surface area contributed by atoms with Gasteiger partial charge in [0.15, 0.2) is 0 Å². The average Bonchev–Trinajstić information content (AvgIpc) is 2.54. The van der Waals surface area contributed by atoms with E-state index < -0.39 is 0 Å². The first-order chi connectivity index (χ1) is 8.22. The highest BCUT2D eigenvalue weighted by molar-refractivity contribution is 7.10. The molecule has 1 aromatic heterocycles. The predicted molar refractivity (Wildman–Crippen MR) is 71.2 cm³/mol. The van der Waals surface area contributed by atoms with Gasteiger partial charge in [-0.1, -0.05) is 26.2 Å². The van der Waals surface area contributed by atoms with E-state index in [9.17, 15) is 0 Å². The summed E-state index contributed by atoms with van der Waals surface area (Å²) in [5.41, 5.74) is 1.58. The molecule has 17 heavy (non-hydrogen) atoms. The van der Waals surface area contributed by atoms with Crippen LogP contribution >= 0.6 is 11.5 Å². The molecule has 2 rings (SSSR count). The van der Waals surface area contributed by atoms with Gasteiger partial charge >= 0.3 is 0 Å². The van der Waals surface area contributed by atoms with Crippen LogP contribution in [0.1, 0.15) is 50.3 Å². The lowest BCUT2D eigenvalue weighted by molar-refractivity contribution is 0.457. The minimum absolute atomic E-state index is 0.504. The van der Waals surface area contributed by atoms with Gasteiger partial charge in [-0.05, 0) is 37.2 Å². The minimum Gasteiger partial charge on any atom is -0.372 e. The highest BCUT2D eigenvalue weighted by Gasteiger charge is 2.22. The standard InChI is InChI=1S/C13H19N3S/c1-9-6-4-3-5-7-12(9)15-13-11(8-14)10(2)16-17-13/h9,12,15H,3-7H2,1-2H3. The molecule has 1 saturated carbocycles. The topological polar surface area (TPSA) is 48.7 Å². The summed E-state index contributed by atoms with van der Waals surface area (Å²) in [4.78, 5) is 0. The Morgan fingerprint density at radius 1 is 1.35 bits per heavy atom. The summed E-state index contributed by atoms with van der Waals surface area (Å²) in [7, 11) is 0. The van der Waals surface area contributed by atoms with Gasteiger partial charge in [0.25, 0.3) is 0 Å². The third-order valence-corrected chi connectivity index (χ3v) is 4.52. The lowest BCUT2D eigenvalue weighted by Crippen LogP contribution is -2.26. The molecule has 1 aliphatic rings. The van der Waals surface area contributed by atoms with Crippen molar-refractivity contribution >= 4 is 16.5 Å². The van der Waals surface area contributed by atoms with Gasteiger partial charge in [-0.15, -0.1) is 0 Å². The summed E-state index contributed by atoms with van der Waals surface area (Å²) in [5, 5.41) is 13.6. The van der Waals surface area contributed by atoms with Crippen LogP contribution in [0.15, 0.2) is 0 Å². The van der Waals surface area contributed by atoms with Crippen molar-refractivity contribution in [3.05, 3.63) is 11.3 Å². The first kappa shape index (κ1) is 12.4. The van der Waals surface area contributed by atoms with Gasteiger partial charge in [0, 0.05) is 6.04 Å². The Kier molecular flexibility index (Phi) is 4.01. The van der Waals surface area contributed by atoms with E-state index in [4.69, 9.17) is 5.26 Å². The molecule has 1 fully saturated rings. The van der Waals surface area contributed by atoms with Crippen molar-refractivity contribution in [1.82, 2.24) is 4.37 Å². The normalized spacial score (nSPS) is 25.0. The van der Waals surface area contributed by atoms with Crippen LogP contribution in [0.25, 0.3) is 0 Å². The highest BCUT2D eigenvalue weighted by Crippen LogP contribution is 2.30. The molecular formula is C13H19N3S. The second-order valence-electron chi connectivity index (χ2n) is 4.95. The lowest BCUT2D eigenvalue weighted by atomic mass is 9.97. The van der Waals surface area contributed by atoms with Gasteiger partial charge in [-0.25, -0.2) is 0 Å². The van der Waals surface area contributed by atoms with Crippen LogP contribution in [0.5, 0.6) is 0 Å². The van der Waals surface area contributed by atoms with Crippen LogP contribution in [0.4, 0.5) is 5.00 Å². The molecule has 0 radical (unpaired) electrons. The van der Waals surface area contributed by atoms with Crippen LogP contribution < -0.4 is 5.32 Å². The maximum atomic E-state index is 9.12. The molecule has 0 spiro atoms. The maximum absolute atomic E-state index is 9.12. The van der Waals surface area contributed by atoms with Crippen molar-refractivity contribution in [3.63, 3.8) is 0 Å². The minimum atomic E-state index is 0.504. The lowest BCUT2D eigenvalue weighted by Gasteiger charge is -2.22. The Labute approximate surface area is 107 Å². The third-order valence-electron chi connectivity index (χ3n) is 3.65. The van der Waals surface area contributed by atoms with Crippen LogP contribution in [0, 0.1) is 24.2 Å². The SMILES string of the molecule is Cc1nsc(NC2CCCCCC2C)c1C#N. The molecule has 1 heterocycles. The average molecular weight is 249 g/mol. The number of aromatic nitrogens is 1. The Balaban J connectivity index is 2.11. The summed E-state index contributed by atoms with van der Waals surface area (Å²) in [6.45, 7) is 4.21. The molecule has 0 aromatic carbocycles. The third kappa shape index (κ3) is 2.78. The Hall–Kier alpha value is -1.08. The summed E-state index contributed by atoms with van der Waals surface area (Å²) in [5.74, 6) is 0.687. The zero-order valence-electron chi connectivity index (χ0n) is 10.5. The van der Waals surface area contributed by atoms with Gasteiger partial charge in [-0.2, -0.15) is 9.64 Å². The van der Waals surface area contributed by atoms with Crippen LogP contribution in [-0.2, 0) is 0 Å². The van der Waals surface area contributed by atoms with E-state index >= 15 is 0 Å². The van der Waals surface area contributed by atoms with Crippen molar-refractivity contribution in [2.75, 3.05) is 5.32 Å². The summed E-state index contributed by atoms with van der Waals surface area (Å²) in [6, 6.07) is 2.75. The number of hydrogen-bond donors (Lipinski definition) is 1. The van der Waals surface area contributed by atoms with E-state index in [1.54, 1.807) is 0 Å². The molecule has 2 unspecified atom stereocenters. The maximum Gasteiger partial charge on any atom is 0.127 e. The molecule has 1 N–H and O–H groups in total.